The van der Waals surface area contributed by atoms with Gasteiger partial charge in [-0.15, -0.1) is 0 Å². The average molecular weight is 378 g/mol. The lowest BCUT2D eigenvalue weighted by molar-refractivity contribution is 0.00883. The highest BCUT2D eigenvalue weighted by Crippen LogP contribution is 2.41. The number of aliphatic hydroxyl groups is 1. The Labute approximate surface area is 160 Å². The molecule has 5 nitrogen and oxygen atoms in total. The van der Waals surface area contributed by atoms with E-state index in [0.29, 0.717) is 34.4 Å². The van der Waals surface area contributed by atoms with Gasteiger partial charge >= 0.3 is 0 Å². The molecule has 0 saturated carbocycles. The number of benzene rings is 1. The minimum Gasteiger partial charge on any atom is -0.386 e. The Morgan fingerprint density at radius 1 is 1.21 bits per heavy atom. The van der Waals surface area contributed by atoms with Crippen molar-refractivity contribution in [1.82, 2.24) is 9.55 Å². The van der Waals surface area contributed by atoms with Crippen LogP contribution in [0.1, 0.15) is 45.9 Å². The molecule has 1 N–H and O–H groups in total. The Morgan fingerprint density at radius 2 is 2.04 bits per heavy atom. The van der Waals surface area contributed by atoms with E-state index in [1.165, 1.54) is 11.6 Å². The highest BCUT2D eigenvalue weighted by molar-refractivity contribution is 5.92. The van der Waals surface area contributed by atoms with Gasteiger partial charge in [-0.2, -0.15) is 0 Å². The van der Waals surface area contributed by atoms with E-state index in [-0.39, 0.29) is 24.6 Å². The molecule has 2 aliphatic heterocycles. The normalized spacial score (nSPS) is 19.5. The molecule has 3 aliphatic rings. The first-order valence-electron chi connectivity index (χ1n) is 9.71. The van der Waals surface area contributed by atoms with E-state index in [2.05, 4.69) is 0 Å². The zero-order valence-corrected chi connectivity index (χ0v) is 15.5. The van der Waals surface area contributed by atoms with Gasteiger partial charge in [0, 0.05) is 22.6 Å². The lowest BCUT2D eigenvalue weighted by Gasteiger charge is -2.22. The number of nitrogens with zero attached hydrogens (tertiary/aromatic N) is 2. The minimum absolute atomic E-state index is 0.126. The van der Waals surface area contributed by atoms with Crippen molar-refractivity contribution in [2.75, 3.05) is 6.61 Å². The summed E-state index contributed by atoms with van der Waals surface area (Å²) in [5.74, 6) is -0.226. The molecule has 6 heteroatoms. The molecule has 3 aromatic rings. The zero-order valence-electron chi connectivity index (χ0n) is 15.5. The third kappa shape index (κ3) is 1.97. The molecule has 1 atom stereocenters. The van der Waals surface area contributed by atoms with Crippen molar-refractivity contribution in [2.24, 2.45) is 0 Å². The molecule has 142 valence electrons. The van der Waals surface area contributed by atoms with Gasteiger partial charge in [-0.3, -0.25) is 4.79 Å². The lowest BCUT2D eigenvalue weighted by Crippen LogP contribution is -2.30. The molecule has 4 heterocycles. The standard InChI is InChI=1S/C22H19FN2O3/c1-10-11-3-2-4-12-14-7-25-18(21(14)24-17(20(11)12)6-16(10)23)5-13-15(22(25)27)8-28-9-19(13)26/h5-6,19,26H,2-4,7-9H2,1H3. The third-order valence-corrected chi connectivity index (χ3v) is 6.54. The Balaban J connectivity index is 1.69. The first-order valence-corrected chi connectivity index (χ1v) is 9.71. The predicted molar refractivity (Wildman–Crippen MR) is 102 cm³/mol. The molecule has 0 fully saturated rings. The molecular weight excluding hydrogens is 359 g/mol. The van der Waals surface area contributed by atoms with E-state index in [1.54, 1.807) is 4.57 Å². The monoisotopic (exact) mass is 378 g/mol. The van der Waals surface area contributed by atoms with Gasteiger partial charge in [0.05, 0.1) is 36.7 Å². The third-order valence-electron chi connectivity index (χ3n) is 6.54. The number of hydrogen-bond donors (Lipinski definition) is 1. The predicted octanol–water partition coefficient (Wildman–Crippen LogP) is 2.93. The van der Waals surface area contributed by atoms with Crippen LogP contribution in [0.2, 0.25) is 0 Å². The second-order valence-corrected chi connectivity index (χ2v) is 8.01. The van der Waals surface area contributed by atoms with Crippen molar-refractivity contribution < 1.29 is 14.2 Å². The number of ether oxygens (including phenoxy) is 1. The van der Waals surface area contributed by atoms with Gasteiger partial charge in [-0.25, -0.2) is 9.37 Å². The van der Waals surface area contributed by atoms with Crippen LogP contribution in [0, 0.1) is 12.7 Å². The molecule has 0 spiro atoms. The number of pyridine rings is 2. The maximum Gasteiger partial charge on any atom is 0.257 e. The van der Waals surface area contributed by atoms with Crippen LogP contribution in [0.5, 0.6) is 0 Å². The molecule has 6 rings (SSSR count). The maximum absolute atomic E-state index is 14.5. The number of aliphatic hydroxyl groups excluding tert-OH is 1. The fraction of sp³-hybridized carbons (Fsp3) is 0.364. The number of aryl methyl sites for hydroxylation is 2. The van der Waals surface area contributed by atoms with E-state index in [4.69, 9.17) is 9.72 Å². The van der Waals surface area contributed by atoms with Crippen LogP contribution in [0.4, 0.5) is 4.39 Å². The zero-order chi connectivity index (χ0) is 19.2. The first kappa shape index (κ1) is 16.4. The van der Waals surface area contributed by atoms with E-state index in [0.717, 1.165) is 41.5 Å². The Kier molecular flexibility index (Phi) is 3.21. The van der Waals surface area contributed by atoms with Gasteiger partial charge in [0.15, 0.2) is 0 Å². The first-order chi connectivity index (χ1) is 13.5. The van der Waals surface area contributed by atoms with Crippen molar-refractivity contribution >= 4 is 10.9 Å². The second-order valence-electron chi connectivity index (χ2n) is 8.01. The van der Waals surface area contributed by atoms with Crippen LogP contribution in [0.15, 0.2) is 16.9 Å². The lowest BCUT2D eigenvalue weighted by atomic mass is 9.85. The van der Waals surface area contributed by atoms with Crippen molar-refractivity contribution in [1.29, 1.82) is 0 Å². The second kappa shape index (κ2) is 5.49. The summed E-state index contributed by atoms with van der Waals surface area (Å²) < 4.78 is 21.6. The van der Waals surface area contributed by atoms with E-state index in [9.17, 15) is 14.3 Å². The number of rotatable bonds is 0. The number of hydrogen-bond acceptors (Lipinski definition) is 4. The summed E-state index contributed by atoms with van der Waals surface area (Å²) in [5, 5.41) is 11.4. The summed E-state index contributed by atoms with van der Waals surface area (Å²) in [5.41, 5.74) is 7.17. The van der Waals surface area contributed by atoms with E-state index < -0.39 is 6.10 Å². The summed E-state index contributed by atoms with van der Waals surface area (Å²) in [6.45, 7) is 2.72. The largest absolute Gasteiger partial charge is 0.386 e. The highest BCUT2D eigenvalue weighted by atomic mass is 19.1. The Morgan fingerprint density at radius 3 is 2.89 bits per heavy atom. The quantitative estimate of drug-likeness (QED) is 0.511. The van der Waals surface area contributed by atoms with Crippen LogP contribution in [-0.2, 0) is 30.7 Å². The topological polar surface area (TPSA) is 64.4 Å². The number of fused-ring (bicyclic) bond motifs is 5. The molecule has 1 aromatic carbocycles. The molecule has 0 saturated heterocycles. The molecule has 1 aliphatic carbocycles. The summed E-state index contributed by atoms with van der Waals surface area (Å²) in [6, 6.07) is 3.39. The minimum atomic E-state index is -0.808. The molecular formula is C22H19FN2O3. The molecule has 0 bridgehead atoms. The molecule has 0 amide bonds. The smallest absolute Gasteiger partial charge is 0.257 e. The molecule has 28 heavy (non-hydrogen) atoms. The van der Waals surface area contributed by atoms with E-state index >= 15 is 0 Å². The van der Waals surface area contributed by atoms with Crippen LogP contribution in [0.25, 0.3) is 22.3 Å². The van der Waals surface area contributed by atoms with Crippen LogP contribution >= 0.6 is 0 Å². The molecule has 1 unspecified atom stereocenters. The Hall–Kier alpha value is -2.57. The van der Waals surface area contributed by atoms with Gasteiger partial charge in [-0.1, -0.05) is 0 Å². The maximum atomic E-state index is 14.5. The van der Waals surface area contributed by atoms with Gasteiger partial charge < -0.3 is 14.4 Å². The van der Waals surface area contributed by atoms with Gasteiger partial charge in [-0.05, 0) is 54.5 Å². The fourth-order valence-electron chi connectivity index (χ4n) is 5.13. The number of halogens is 1. The summed E-state index contributed by atoms with van der Waals surface area (Å²) in [4.78, 5) is 17.9. The van der Waals surface area contributed by atoms with Gasteiger partial charge in [0.25, 0.3) is 5.56 Å². The molecule has 0 radical (unpaired) electrons. The van der Waals surface area contributed by atoms with Gasteiger partial charge in [0.1, 0.15) is 11.9 Å². The summed E-state index contributed by atoms with van der Waals surface area (Å²) in [7, 11) is 0. The Bertz CT molecular complexity index is 1260. The SMILES string of the molecule is Cc1c(F)cc2nc3c(c4c2c1CCC4)Cn1c-3cc2c(c1=O)COCC2O. The van der Waals surface area contributed by atoms with Crippen molar-refractivity contribution in [2.45, 2.75) is 45.4 Å². The molecule has 2 aromatic heterocycles. The number of aromatic nitrogens is 2. The average Bonchev–Trinajstić information content (AvgIpc) is 3.06. The van der Waals surface area contributed by atoms with Crippen molar-refractivity contribution in [3.63, 3.8) is 0 Å². The van der Waals surface area contributed by atoms with Crippen LogP contribution in [0.3, 0.4) is 0 Å². The fourth-order valence-corrected chi connectivity index (χ4v) is 5.13. The highest BCUT2D eigenvalue weighted by Gasteiger charge is 2.32. The van der Waals surface area contributed by atoms with Gasteiger partial charge in [0.2, 0.25) is 0 Å². The van der Waals surface area contributed by atoms with Crippen molar-refractivity contribution in [3.05, 3.63) is 61.7 Å². The summed E-state index contributed by atoms with van der Waals surface area (Å²) >= 11 is 0. The van der Waals surface area contributed by atoms with Crippen molar-refractivity contribution in [3.8, 4) is 11.4 Å². The van der Waals surface area contributed by atoms with E-state index in [1.807, 2.05) is 13.0 Å². The van der Waals surface area contributed by atoms with Crippen LogP contribution < -0.4 is 5.56 Å². The van der Waals surface area contributed by atoms with Crippen LogP contribution in [-0.4, -0.2) is 21.3 Å². The summed E-state index contributed by atoms with van der Waals surface area (Å²) in [6.07, 6.45) is 1.93.